The quantitative estimate of drug-likeness (QED) is 0.738. The van der Waals surface area contributed by atoms with Gasteiger partial charge < -0.3 is 5.32 Å². The molecule has 27 heavy (non-hydrogen) atoms. The summed E-state index contributed by atoms with van der Waals surface area (Å²) >= 11 is 0.891. The summed E-state index contributed by atoms with van der Waals surface area (Å²) in [5.74, 6) is -0.122. The highest BCUT2D eigenvalue weighted by atomic mass is 32.2. The molecule has 1 aliphatic carbocycles. The Morgan fingerprint density at radius 2 is 2.00 bits per heavy atom. The van der Waals surface area contributed by atoms with Crippen LogP contribution in [-0.4, -0.2) is 31.1 Å². The van der Waals surface area contributed by atoms with Gasteiger partial charge in [-0.2, -0.15) is 8.42 Å². The SMILES string of the molecule is CCN(c1cccc(C)c1)S(=O)(=O)c1nnc(NC(=O)C2CCCCC2)s1. The van der Waals surface area contributed by atoms with E-state index in [0.717, 1.165) is 49.0 Å². The molecular formula is C18H24N4O3S2. The molecule has 1 fully saturated rings. The van der Waals surface area contributed by atoms with Gasteiger partial charge >= 0.3 is 0 Å². The van der Waals surface area contributed by atoms with Gasteiger partial charge in [0.2, 0.25) is 11.0 Å². The number of aryl methyl sites for hydroxylation is 1. The van der Waals surface area contributed by atoms with Crippen molar-refractivity contribution in [3.8, 4) is 0 Å². The monoisotopic (exact) mass is 408 g/mol. The number of carbonyl (C=O) groups excluding carboxylic acids is 1. The molecule has 0 bridgehead atoms. The molecule has 1 N–H and O–H groups in total. The van der Waals surface area contributed by atoms with Crippen LogP contribution in [0, 0.1) is 12.8 Å². The molecule has 1 aromatic heterocycles. The fourth-order valence-corrected chi connectivity index (χ4v) is 5.78. The molecule has 146 valence electrons. The van der Waals surface area contributed by atoms with Gasteiger partial charge in [-0.25, -0.2) is 0 Å². The van der Waals surface area contributed by atoms with Crippen LogP contribution in [0.1, 0.15) is 44.6 Å². The summed E-state index contributed by atoms with van der Waals surface area (Å²) < 4.78 is 27.2. The lowest BCUT2D eigenvalue weighted by Crippen LogP contribution is -2.30. The van der Waals surface area contributed by atoms with Crippen molar-refractivity contribution >= 4 is 38.1 Å². The maximum atomic E-state index is 13.0. The van der Waals surface area contributed by atoms with Crippen LogP contribution in [0.5, 0.6) is 0 Å². The van der Waals surface area contributed by atoms with Crippen LogP contribution in [0.4, 0.5) is 10.8 Å². The second-order valence-electron chi connectivity index (χ2n) is 6.71. The largest absolute Gasteiger partial charge is 0.300 e. The van der Waals surface area contributed by atoms with Gasteiger partial charge in [-0.15, -0.1) is 10.2 Å². The van der Waals surface area contributed by atoms with Gasteiger partial charge in [-0.05, 0) is 44.4 Å². The van der Waals surface area contributed by atoms with Crippen molar-refractivity contribution < 1.29 is 13.2 Å². The summed E-state index contributed by atoms with van der Waals surface area (Å²) in [5, 5.41) is 10.7. The Morgan fingerprint density at radius 1 is 1.26 bits per heavy atom. The second kappa shape index (κ2) is 8.35. The maximum absolute atomic E-state index is 13.0. The minimum atomic E-state index is -3.83. The summed E-state index contributed by atoms with van der Waals surface area (Å²) in [5.41, 5.74) is 1.55. The number of aromatic nitrogens is 2. The van der Waals surface area contributed by atoms with Crippen molar-refractivity contribution in [2.24, 2.45) is 5.92 Å². The lowest BCUT2D eigenvalue weighted by atomic mass is 9.89. The number of hydrogen-bond donors (Lipinski definition) is 1. The van der Waals surface area contributed by atoms with Crippen molar-refractivity contribution in [3.05, 3.63) is 29.8 Å². The molecule has 0 spiro atoms. The molecule has 1 amide bonds. The van der Waals surface area contributed by atoms with Crippen molar-refractivity contribution in [1.29, 1.82) is 0 Å². The number of anilines is 2. The number of hydrogen-bond acceptors (Lipinski definition) is 6. The lowest BCUT2D eigenvalue weighted by Gasteiger charge is -2.21. The molecule has 1 saturated carbocycles. The van der Waals surface area contributed by atoms with Gasteiger partial charge in [-0.3, -0.25) is 9.10 Å². The minimum Gasteiger partial charge on any atom is -0.300 e. The van der Waals surface area contributed by atoms with Gasteiger partial charge in [0.1, 0.15) is 0 Å². The fourth-order valence-electron chi connectivity index (χ4n) is 3.31. The van der Waals surface area contributed by atoms with Crippen LogP contribution in [-0.2, 0) is 14.8 Å². The number of amides is 1. The van der Waals surface area contributed by atoms with E-state index in [1.165, 1.54) is 4.31 Å². The van der Waals surface area contributed by atoms with Crippen molar-refractivity contribution in [2.45, 2.75) is 50.3 Å². The summed E-state index contributed by atoms with van der Waals surface area (Å²) in [6, 6.07) is 7.29. The number of rotatable bonds is 6. The van der Waals surface area contributed by atoms with Crippen LogP contribution >= 0.6 is 11.3 Å². The molecule has 0 radical (unpaired) electrons. The van der Waals surface area contributed by atoms with Gasteiger partial charge in [0, 0.05) is 12.5 Å². The Bertz CT molecular complexity index is 905. The molecule has 1 heterocycles. The smallest absolute Gasteiger partial charge is 0.293 e. The minimum absolute atomic E-state index is 0.0258. The molecule has 0 aliphatic heterocycles. The van der Waals surface area contributed by atoms with Gasteiger partial charge in [0.05, 0.1) is 5.69 Å². The zero-order valence-corrected chi connectivity index (χ0v) is 17.1. The fraction of sp³-hybridized carbons (Fsp3) is 0.500. The first kappa shape index (κ1) is 19.8. The molecule has 0 saturated heterocycles. The number of nitrogens with zero attached hydrogens (tertiary/aromatic N) is 3. The Balaban J connectivity index is 1.78. The van der Waals surface area contributed by atoms with Crippen LogP contribution in [0.25, 0.3) is 0 Å². The first-order valence-electron chi connectivity index (χ1n) is 9.15. The predicted molar refractivity (Wildman–Crippen MR) is 106 cm³/mol. The van der Waals surface area contributed by atoms with Crippen molar-refractivity contribution in [3.63, 3.8) is 0 Å². The van der Waals surface area contributed by atoms with Crippen LogP contribution < -0.4 is 9.62 Å². The van der Waals surface area contributed by atoms with E-state index in [1.54, 1.807) is 13.0 Å². The Hall–Kier alpha value is -2.00. The molecule has 7 nitrogen and oxygen atoms in total. The molecule has 3 rings (SSSR count). The highest BCUT2D eigenvalue weighted by molar-refractivity contribution is 7.94. The first-order valence-corrected chi connectivity index (χ1v) is 11.4. The third-order valence-corrected chi connectivity index (χ3v) is 7.79. The second-order valence-corrected chi connectivity index (χ2v) is 9.72. The van der Waals surface area contributed by atoms with Crippen LogP contribution in [0.3, 0.4) is 0 Å². The normalized spacial score (nSPS) is 15.5. The predicted octanol–water partition coefficient (Wildman–Crippen LogP) is 3.58. The highest BCUT2D eigenvalue weighted by Gasteiger charge is 2.29. The molecule has 2 aromatic rings. The molecule has 1 aliphatic rings. The van der Waals surface area contributed by atoms with Gasteiger partial charge in [0.25, 0.3) is 14.4 Å². The third kappa shape index (κ3) is 4.47. The standard InChI is InChI=1S/C18H24N4O3S2/c1-3-22(15-11-7-8-13(2)12-15)27(24,25)18-21-20-17(26-18)19-16(23)14-9-5-4-6-10-14/h7-8,11-12,14H,3-6,9-10H2,1-2H3,(H,19,20,23). The first-order chi connectivity index (χ1) is 12.9. The van der Waals surface area contributed by atoms with Crippen LogP contribution in [0.2, 0.25) is 0 Å². The summed E-state index contributed by atoms with van der Waals surface area (Å²) in [6.45, 7) is 3.95. The van der Waals surface area contributed by atoms with Gasteiger partial charge in [0.15, 0.2) is 0 Å². The Labute approximate surface area is 163 Å². The van der Waals surface area contributed by atoms with E-state index >= 15 is 0 Å². The van der Waals surface area contributed by atoms with E-state index in [0.29, 0.717) is 5.69 Å². The maximum Gasteiger partial charge on any atom is 0.293 e. The van der Waals surface area contributed by atoms with E-state index in [2.05, 4.69) is 15.5 Å². The molecule has 9 heteroatoms. The number of benzene rings is 1. The summed E-state index contributed by atoms with van der Waals surface area (Å²) in [4.78, 5) is 12.3. The lowest BCUT2D eigenvalue weighted by molar-refractivity contribution is -0.120. The average Bonchev–Trinajstić information content (AvgIpc) is 3.12. The molecule has 1 aromatic carbocycles. The van der Waals surface area contributed by atoms with E-state index < -0.39 is 10.0 Å². The van der Waals surface area contributed by atoms with E-state index in [4.69, 9.17) is 0 Å². The Morgan fingerprint density at radius 3 is 2.67 bits per heavy atom. The highest BCUT2D eigenvalue weighted by Crippen LogP contribution is 2.29. The summed E-state index contributed by atoms with van der Waals surface area (Å²) in [7, 11) is -3.83. The van der Waals surface area contributed by atoms with Gasteiger partial charge in [-0.1, -0.05) is 42.7 Å². The van der Waals surface area contributed by atoms with E-state index in [-0.39, 0.29) is 27.8 Å². The molecular weight excluding hydrogens is 384 g/mol. The van der Waals surface area contributed by atoms with Crippen molar-refractivity contribution in [1.82, 2.24) is 10.2 Å². The number of nitrogens with one attached hydrogen (secondary N) is 1. The van der Waals surface area contributed by atoms with E-state index in [1.807, 2.05) is 25.1 Å². The van der Waals surface area contributed by atoms with Crippen LogP contribution in [0.15, 0.2) is 28.6 Å². The Kier molecular flexibility index (Phi) is 6.11. The zero-order valence-electron chi connectivity index (χ0n) is 15.5. The average molecular weight is 409 g/mol. The third-order valence-electron chi connectivity index (χ3n) is 4.70. The van der Waals surface area contributed by atoms with E-state index in [9.17, 15) is 13.2 Å². The number of carbonyl (C=O) groups is 1. The molecule has 0 unspecified atom stereocenters. The number of sulfonamides is 1. The molecule has 0 atom stereocenters. The summed E-state index contributed by atoms with van der Waals surface area (Å²) in [6.07, 6.45) is 5.00. The topological polar surface area (TPSA) is 92.3 Å². The zero-order chi connectivity index (χ0) is 19.4. The van der Waals surface area contributed by atoms with Crippen molar-refractivity contribution in [2.75, 3.05) is 16.2 Å².